The van der Waals surface area contributed by atoms with Crippen molar-refractivity contribution in [1.82, 2.24) is 14.5 Å². The van der Waals surface area contributed by atoms with E-state index in [9.17, 15) is 9.18 Å². The van der Waals surface area contributed by atoms with E-state index in [1.165, 1.54) is 30.1 Å². The van der Waals surface area contributed by atoms with Gasteiger partial charge < -0.3 is 9.15 Å². The number of oxazole rings is 1. The van der Waals surface area contributed by atoms with Gasteiger partial charge in [-0.1, -0.05) is 23.9 Å². The number of nitrogens with zero attached hydrogens (tertiary/aromatic N) is 3. The third-order valence-corrected chi connectivity index (χ3v) is 4.52. The standard InChI is InChI=1S/C19H14FN3O3S/c1-27-19-21-10-15(23(19)13-8-6-12(20)7-9-13)18(24)25-11-17-22-14-4-2-3-5-16(14)26-17/h2-10H,11H2,1H3. The van der Waals surface area contributed by atoms with Gasteiger partial charge in [0.2, 0.25) is 5.89 Å². The molecule has 27 heavy (non-hydrogen) atoms. The number of aromatic nitrogens is 3. The molecule has 0 saturated heterocycles. The van der Waals surface area contributed by atoms with Crippen LogP contribution in [0.15, 0.2) is 64.3 Å². The van der Waals surface area contributed by atoms with Gasteiger partial charge in [0, 0.05) is 5.69 Å². The van der Waals surface area contributed by atoms with E-state index in [2.05, 4.69) is 9.97 Å². The number of carbonyl (C=O) groups excluding carboxylic acids is 1. The van der Waals surface area contributed by atoms with Gasteiger partial charge in [-0.05, 0) is 42.7 Å². The van der Waals surface area contributed by atoms with E-state index in [1.807, 2.05) is 24.5 Å². The van der Waals surface area contributed by atoms with E-state index in [0.717, 1.165) is 0 Å². The van der Waals surface area contributed by atoms with Gasteiger partial charge in [-0.25, -0.2) is 19.2 Å². The summed E-state index contributed by atoms with van der Waals surface area (Å²) in [6.45, 7) is -0.100. The average molecular weight is 383 g/mol. The molecule has 0 saturated carbocycles. The van der Waals surface area contributed by atoms with Crippen LogP contribution in [0.25, 0.3) is 16.8 Å². The van der Waals surface area contributed by atoms with Crippen molar-refractivity contribution >= 4 is 28.8 Å². The Kier molecular flexibility index (Phi) is 4.64. The van der Waals surface area contributed by atoms with Crippen LogP contribution in [0, 0.1) is 5.82 Å². The van der Waals surface area contributed by atoms with Crippen molar-refractivity contribution in [1.29, 1.82) is 0 Å². The molecule has 6 nitrogen and oxygen atoms in total. The summed E-state index contributed by atoms with van der Waals surface area (Å²) in [6, 6.07) is 13.1. The highest BCUT2D eigenvalue weighted by Gasteiger charge is 2.20. The maximum absolute atomic E-state index is 13.2. The minimum Gasteiger partial charge on any atom is -0.451 e. The van der Waals surface area contributed by atoms with Crippen LogP contribution in [0.2, 0.25) is 0 Å². The molecular weight excluding hydrogens is 369 g/mol. The average Bonchev–Trinajstić information content (AvgIpc) is 3.30. The van der Waals surface area contributed by atoms with E-state index in [1.54, 1.807) is 22.8 Å². The number of benzene rings is 2. The zero-order valence-corrected chi connectivity index (χ0v) is 15.1. The molecule has 0 aliphatic carbocycles. The quantitative estimate of drug-likeness (QED) is 0.379. The van der Waals surface area contributed by atoms with Crippen molar-refractivity contribution in [3.63, 3.8) is 0 Å². The number of para-hydroxylation sites is 2. The van der Waals surface area contributed by atoms with E-state index < -0.39 is 5.97 Å². The number of hydrogen-bond acceptors (Lipinski definition) is 6. The SMILES string of the molecule is CSc1ncc(C(=O)OCc2nc3ccccc3o2)n1-c1ccc(F)cc1. The van der Waals surface area contributed by atoms with Crippen molar-refractivity contribution in [2.75, 3.05) is 6.26 Å². The van der Waals surface area contributed by atoms with Gasteiger partial charge in [-0.3, -0.25) is 4.57 Å². The molecule has 0 unspecified atom stereocenters. The maximum Gasteiger partial charge on any atom is 0.357 e. The summed E-state index contributed by atoms with van der Waals surface area (Å²) in [6.07, 6.45) is 3.28. The lowest BCUT2D eigenvalue weighted by Crippen LogP contribution is -2.12. The molecule has 4 rings (SSSR count). The lowest BCUT2D eigenvalue weighted by Gasteiger charge is -2.10. The van der Waals surface area contributed by atoms with Crippen molar-refractivity contribution in [3.05, 3.63) is 72.1 Å². The van der Waals surface area contributed by atoms with Crippen LogP contribution in [0.3, 0.4) is 0 Å². The fourth-order valence-corrected chi connectivity index (χ4v) is 3.19. The van der Waals surface area contributed by atoms with Crippen LogP contribution in [-0.2, 0) is 11.3 Å². The Morgan fingerprint density at radius 1 is 1.22 bits per heavy atom. The first kappa shape index (κ1) is 17.3. The molecule has 0 radical (unpaired) electrons. The molecule has 0 spiro atoms. The van der Waals surface area contributed by atoms with Crippen molar-refractivity contribution < 1.29 is 18.3 Å². The fourth-order valence-electron chi connectivity index (χ4n) is 2.65. The number of rotatable bonds is 5. The minimum absolute atomic E-state index is 0.100. The van der Waals surface area contributed by atoms with Crippen LogP contribution < -0.4 is 0 Å². The summed E-state index contributed by atoms with van der Waals surface area (Å²) >= 11 is 1.37. The number of ether oxygens (including phenoxy) is 1. The lowest BCUT2D eigenvalue weighted by molar-refractivity contribution is 0.0430. The zero-order valence-electron chi connectivity index (χ0n) is 14.3. The van der Waals surface area contributed by atoms with E-state index in [4.69, 9.17) is 9.15 Å². The number of carbonyl (C=O) groups is 1. The van der Waals surface area contributed by atoms with Crippen LogP contribution in [0.1, 0.15) is 16.4 Å². The highest BCUT2D eigenvalue weighted by molar-refractivity contribution is 7.98. The topological polar surface area (TPSA) is 70.2 Å². The molecule has 0 amide bonds. The second kappa shape index (κ2) is 7.24. The lowest BCUT2D eigenvalue weighted by atomic mass is 10.3. The Bertz CT molecular complexity index is 1070. The molecule has 0 bridgehead atoms. The summed E-state index contributed by atoms with van der Waals surface area (Å²) in [5.41, 5.74) is 2.18. The number of fused-ring (bicyclic) bond motifs is 1. The summed E-state index contributed by atoms with van der Waals surface area (Å²) in [5, 5.41) is 0.593. The van der Waals surface area contributed by atoms with E-state index >= 15 is 0 Å². The molecule has 0 atom stereocenters. The summed E-state index contributed by atoms with van der Waals surface area (Å²) in [5.74, 6) is -0.624. The van der Waals surface area contributed by atoms with Crippen molar-refractivity contribution in [2.24, 2.45) is 0 Å². The Labute approximate surface area is 158 Å². The molecule has 4 aromatic rings. The van der Waals surface area contributed by atoms with Crippen LogP contribution in [0.4, 0.5) is 4.39 Å². The molecule has 2 aromatic carbocycles. The first-order chi connectivity index (χ1) is 13.2. The van der Waals surface area contributed by atoms with Gasteiger partial charge >= 0.3 is 5.97 Å². The molecule has 0 aliphatic rings. The Morgan fingerprint density at radius 3 is 2.74 bits per heavy atom. The normalized spacial score (nSPS) is 11.0. The van der Waals surface area contributed by atoms with E-state index in [0.29, 0.717) is 27.8 Å². The number of thioether (sulfide) groups is 1. The molecule has 2 heterocycles. The van der Waals surface area contributed by atoms with Gasteiger partial charge in [-0.2, -0.15) is 0 Å². The summed E-state index contributed by atoms with van der Waals surface area (Å²) in [4.78, 5) is 21.1. The third kappa shape index (κ3) is 3.43. The number of imidazole rings is 1. The Morgan fingerprint density at radius 2 is 2.00 bits per heavy atom. The monoisotopic (exact) mass is 383 g/mol. The van der Waals surface area contributed by atoms with Crippen molar-refractivity contribution in [3.8, 4) is 5.69 Å². The van der Waals surface area contributed by atoms with Crippen LogP contribution in [-0.4, -0.2) is 26.8 Å². The fraction of sp³-hybridized carbons (Fsp3) is 0.105. The van der Waals surface area contributed by atoms with E-state index in [-0.39, 0.29) is 18.1 Å². The summed E-state index contributed by atoms with van der Waals surface area (Å²) in [7, 11) is 0. The second-order valence-corrected chi connectivity index (χ2v) is 6.37. The molecule has 136 valence electrons. The predicted octanol–water partition coefficient (Wildman–Crippen LogP) is 4.23. The number of hydrogen-bond donors (Lipinski definition) is 0. The highest BCUT2D eigenvalue weighted by atomic mass is 32.2. The molecular formula is C19H14FN3O3S. The largest absolute Gasteiger partial charge is 0.451 e. The Hall–Kier alpha value is -3.13. The summed E-state index contributed by atoms with van der Waals surface area (Å²) < 4.78 is 25.8. The number of halogens is 1. The van der Waals surface area contributed by atoms with Gasteiger partial charge in [-0.15, -0.1) is 0 Å². The molecule has 2 aromatic heterocycles. The maximum atomic E-state index is 13.2. The molecule has 0 aliphatic heterocycles. The van der Waals surface area contributed by atoms with Gasteiger partial charge in [0.15, 0.2) is 23.0 Å². The van der Waals surface area contributed by atoms with Crippen LogP contribution >= 0.6 is 11.8 Å². The first-order valence-corrected chi connectivity index (χ1v) is 9.27. The molecule has 0 fully saturated rings. The number of esters is 1. The van der Waals surface area contributed by atoms with Gasteiger partial charge in [0.1, 0.15) is 11.3 Å². The van der Waals surface area contributed by atoms with Gasteiger partial charge in [0.25, 0.3) is 0 Å². The second-order valence-electron chi connectivity index (χ2n) is 5.59. The van der Waals surface area contributed by atoms with Gasteiger partial charge in [0.05, 0.1) is 6.20 Å². The minimum atomic E-state index is -0.575. The predicted molar refractivity (Wildman–Crippen MR) is 98.4 cm³/mol. The Balaban J connectivity index is 1.58. The van der Waals surface area contributed by atoms with Crippen molar-refractivity contribution in [2.45, 2.75) is 11.8 Å². The zero-order chi connectivity index (χ0) is 18.8. The molecule has 0 N–H and O–H groups in total. The highest BCUT2D eigenvalue weighted by Crippen LogP contribution is 2.23. The van der Waals surface area contributed by atoms with Crippen LogP contribution in [0.5, 0.6) is 0 Å². The first-order valence-electron chi connectivity index (χ1n) is 8.05. The third-order valence-electron chi connectivity index (χ3n) is 3.87. The molecule has 8 heteroatoms. The smallest absolute Gasteiger partial charge is 0.357 e.